The van der Waals surface area contributed by atoms with Crippen molar-refractivity contribution < 1.29 is 14.3 Å². The zero-order valence-corrected chi connectivity index (χ0v) is 13.5. The van der Waals surface area contributed by atoms with Crippen molar-refractivity contribution in [2.45, 2.75) is 12.6 Å². The Morgan fingerprint density at radius 3 is 2.36 bits per heavy atom. The van der Waals surface area contributed by atoms with Crippen LogP contribution in [0.4, 0.5) is 4.39 Å². The summed E-state index contributed by atoms with van der Waals surface area (Å²) in [4.78, 5) is 13.6. The maximum atomic E-state index is 12.9. The molecule has 0 aliphatic heterocycles. The van der Waals surface area contributed by atoms with E-state index in [1.807, 2.05) is 30.3 Å². The number of amides is 1. The molecule has 116 valence electrons. The van der Waals surface area contributed by atoms with Gasteiger partial charge < -0.3 is 10.0 Å². The van der Waals surface area contributed by atoms with Crippen molar-refractivity contribution in [3.63, 3.8) is 0 Å². The second kappa shape index (κ2) is 8.06. The van der Waals surface area contributed by atoms with Gasteiger partial charge in [-0.05, 0) is 23.3 Å². The van der Waals surface area contributed by atoms with Gasteiger partial charge in [0.2, 0.25) is 5.91 Å². The van der Waals surface area contributed by atoms with E-state index in [1.165, 1.54) is 24.3 Å². The fraction of sp³-hybridized carbons (Fsp3) is 0.235. The predicted molar refractivity (Wildman–Crippen MR) is 87.0 cm³/mol. The van der Waals surface area contributed by atoms with Crippen molar-refractivity contribution >= 4 is 21.8 Å². The number of hydrogen-bond acceptors (Lipinski definition) is 2. The second-order valence-corrected chi connectivity index (χ2v) is 5.52. The highest BCUT2D eigenvalue weighted by Crippen LogP contribution is 2.17. The first kappa shape index (κ1) is 16.6. The van der Waals surface area contributed by atoms with E-state index in [0.29, 0.717) is 12.1 Å². The van der Waals surface area contributed by atoms with Gasteiger partial charge in [0.05, 0.1) is 18.0 Å². The third-order valence-electron chi connectivity index (χ3n) is 3.33. The molecular formula is C17H17BrFNO2. The molecule has 0 unspecified atom stereocenters. The maximum Gasteiger partial charge on any atom is 0.233 e. The summed E-state index contributed by atoms with van der Waals surface area (Å²) in [6, 6.07) is 15.2. The number of carbonyl (C=O) groups excluding carboxylic acids is 1. The monoisotopic (exact) mass is 365 g/mol. The fourth-order valence-corrected chi connectivity index (χ4v) is 2.50. The predicted octanol–water partition coefficient (Wildman–Crippen LogP) is 3.28. The van der Waals surface area contributed by atoms with Crippen LogP contribution in [-0.2, 0) is 11.3 Å². The van der Waals surface area contributed by atoms with Crippen LogP contribution in [0.15, 0.2) is 54.6 Å². The first-order chi connectivity index (χ1) is 10.6. The normalized spacial score (nSPS) is 12.0. The van der Waals surface area contributed by atoms with Crippen LogP contribution < -0.4 is 0 Å². The molecule has 0 aromatic heterocycles. The topological polar surface area (TPSA) is 40.5 Å². The standard InChI is InChI=1S/C17H17BrFNO2/c18-10-17(22)20(11-13-4-2-1-3-5-13)12-16(21)14-6-8-15(19)9-7-14/h1-9,16,21H,10-12H2/t16-/m0/s1. The molecule has 0 saturated carbocycles. The minimum Gasteiger partial charge on any atom is -0.387 e. The summed E-state index contributed by atoms with van der Waals surface area (Å²) in [5.74, 6) is -0.460. The number of benzene rings is 2. The summed E-state index contributed by atoms with van der Waals surface area (Å²) in [6.07, 6.45) is -0.854. The molecule has 2 aromatic carbocycles. The van der Waals surface area contributed by atoms with Gasteiger partial charge in [0.1, 0.15) is 5.82 Å². The zero-order valence-electron chi connectivity index (χ0n) is 12.0. The molecule has 22 heavy (non-hydrogen) atoms. The number of carbonyl (C=O) groups is 1. The first-order valence-corrected chi connectivity index (χ1v) is 8.03. The lowest BCUT2D eigenvalue weighted by atomic mass is 10.1. The van der Waals surface area contributed by atoms with Crippen molar-refractivity contribution in [1.82, 2.24) is 4.90 Å². The van der Waals surface area contributed by atoms with Crippen LogP contribution >= 0.6 is 15.9 Å². The molecule has 0 radical (unpaired) electrons. The molecule has 0 aliphatic carbocycles. The molecule has 1 atom stereocenters. The van der Waals surface area contributed by atoms with E-state index in [0.717, 1.165) is 5.56 Å². The SMILES string of the molecule is O=C(CBr)N(Cc1ccccc1)C[C@H](O)c1ccc(F)cc1. The number of aliphatic hydroxyl groups is 1. The molecule has 2 aromatic rings. The van der Waals surface area contributed by atoms with Crippen LogP contribution in [0.3, 0.4) is 0 Å². The lowest BCUT2D eigenvalue weighted by Crippen LogP contribution is -2.35. The number of aliphatic hydroxyl groups excluding tert-OH is 1. The highest BCUT2D eigenvalue weighted by Gasteiger charge is 2.18. The largest absolute Gasteiger partial charge is 0.387 e. The quantitative estimate of drug-likeness (QED) is 0.798. The zero-order chi connectivity index (χ0) is 15.9. The molecule has 0 spiro atoms. The highest BCUT2D eigenvalue weighted by atomic mass is 79.9. The lowest BCUT2D eigenvalue weighted by Gasteiger charge is -2.25. The summed E-state index contributed by atoms with van der Waals surface area (Å²) in [5.41, 5.74) is 1.57. The van der Waals surface area contributed by atoms with Gasteiger partial charge in [-0.25, -0.2) is 4.39 Å². The van der Waals surface area contributed by atoms with E-state index in [1.54, 1.807) is 4.90 Å². The Morgan fingerprint density at radius 2 is 1.77 bits per heavy atom. The summed E-state index contributed by atoms with van der Waals surface area (Å²) >= 11 is 3.16. The molecule has 0 aliphatic rings. The smallest absolute Gasteiger partial charge is 0.233 e. The number of rotatable bonds is 6. The van der Waals surface area contributed by atoms with Crippen molar-refractivity contribution in [1.29, 1.82) is 0 Å². The van der Waals surface area contributed by atoms with Gasteiger partial charge in [-0.15, -0.1) is 0 Å². The van der Waals surface area contributed by atoms with E-state index in [2.05, 4.69) is 15.9 Å². The summed E-state index contributed by atoms with van der Waals surface area (Å²) in [7, 11) is 0. The Balaban J connectivity index is 2.09. The third-order valence-corrected chi connectivity index (χ3v) is 3.81. The van der Waals surface area contributed by atoms with Gasteiger partial charge in [0.25, 0.3) is 0 Å². The highest BCUT2D eigenvalue weighted by molar-refractivity contribution is 9.09. The Morgan fingerprint density at radius 1 is 1.14 bits per heavy atom. The van der Waals surface area contributed by atoms with Gasteiger partial charge in [-0.2, -0.15) is 0 Å². The molecule has 5 heteroatoms. The molecule has 0 fully saturated rings. The Bertz CT molecular complexity index is 604. The molecule has 1 amide bonds. The van der Waals surface area contributed by atoms with Crippen molar-refractivity contribution in [3.8, 4) is 0 Å². The van der Waals surface area contributed by atoms with Crippen molar-refractivity contribution in [2.24, 2.45) is 0 Å². The van der Waals surface area contributed by atoms with Crippen LogP contribution in [0.1, 0.15) is 17.2 Å². The molecule has 0 bridgehead atoms. The van der Waals surface area contributed by atoms with Crippen LogP contribution in [0.5, 0.6) is 0 Å². The van der Waals surface area contributed by atoms with Crippen LogP contribution in [-0.4, -0.2) is 27.8 Å². The molecule has 2 rings (SSSR count). The molecule has 0 heterocycles. The van der Waals surface area contributed by atoms with E-state index < -0.39 is 6.10 Å². The molecule has 3 nitrogen and oxygen atoms in total. The molecular weight excluding hydrogens is 349 g/mol. The minimum absolute atomic E-state index is 0.106. The van der Waals surface area contributed by atoms with E-state index in [-0.39, 0.29) is 23.6 Å². The van der Waals surface area contributed by atoms with Crippen LogP contribution in [0.25, 0.3) is 0 Å². The van der Waals surface area contributed by atoms with Gasteiger partial charge in [0, 0.05) is 6.54 Å². The van der Waals surface area contributed by atoms with Crippen LogP contribution in [0, 0.1) is 5.82 Å². The number of alkyl halides is 1. The van der Waals surface area contributed by atoms with Gasteiger partial charge in [0.15, 0.2) is 0 Å². The molecule has 0 saturated heterocycles. The lowest BCUT2D eigenvalue weighted by molar-refractivity contribution is -0.130. The van der Waals surface area contributed by atoms with Gasteiger partial charge >= 0.3 is 0 Å². The average molecular weight is 366 g/mol. The molecule has 1 N–H and O–H groups in total. The second-order valence-electron chi connectivity index (χ2n) is 4.96. The third kappa shape index (κ3) is 4.64. The average Bonchev–Trinajstić information content (AvgIpc) is 2.55. The number of halogens is 2. The minimum atomic E-state index is -0.854. The van der Waals surface area contributed by atoms with Gasteiger partial charge in [-0.3, -0.25) is 4.79 Å². The Hall–Kier alpha value is -1.72. The Kier molecular flexibility index (Phi) is 6.10. The summed E-state index contributed by atoms with van der Waals surface area (Å²) in [6.45, 7) is 0.578. The maximum absolute atomic E-state index is 12.9. The summed E-state index contributed by atoms with van der Waals surface area (Å²) in [5, 5.41) is 10.5. The van der Waals surface area contributed by atoms with Crippen LogP contribution in [0.2, 0.25) is 0 Å². The van der Waals surface area contributed by atoms with Crippen molar-refractivity contribution in [2.75, 3.05) is 11.9 Å². The number of hydrogen-bond donors (Lipinski definition) is 1. The number of nitrogens with zero attached hydrogens (tertiary/aromatic N) is 1. The van der Waals surface area contributed by atoms with E-state index >= 15 is 0 Å². The van der Waals surface area contributed by atoms with E-state index in [4.69, 9.17) is 0 Å². The first-order valence-electron chi connectivity index (χ1n) is 6.91. The van der Waals surface area contributed by atoms with E-state index in [9.17, 15) is 14.3 Å². The Labute approximate surface area is 137 Å². The van der Waals surface area contributed by atoms with Gasteiger partial charge in [-0.1, -0.05) is 58.4 Å². The fourth-order valence-electron chi connectivity index (χ4n) is 2.14. The summed E-state index contributed by atoms with van der Waals surface area (Å²) < 4.78 is 12.9. The van der Waals surface area contributed by atoms with Crippen molar-refractivity contribution in [3.05, 3.63) is 71.5 Å².